The fourth-order valence-electron chi connectivity index (χ4n) is 3.61. The first-order valence-corrected chi connectivity index (χ1v) is 8.53. The number of fused-ring (bicyclic) bond motifs is 1. The van der Waals surface area contributed by atoms with Crippen LogP contribution in [0.3, 0.4) is 0 Å². The molecular formula is C21H19FN2O2. The highest BCUT2D eigenvalue weighted by Gasteiger charge is 2.34. The van der Waals surface area contributed by atoms with Crippen molar-refractivity contribution in [3.8, 4) is 5.75 Å². The maximum Gasteiger partial charge on any atom is 0.254 e. The van der Waals surface area contributed by atoms with Crippen molar-refractivity contribution in [1.82, 2.24) is 9.47 Å². The SMILES string of the molecule is COc1ccccc1C1c2cccn2CCN1C(=O)c1cccc(F)c1. The van der Waals surface area contributed by atoms with Crippen molar-refractivity contribution in [2.45, 2.75) is 12.6 Å². The molecule has 4 nitrogen and oxygen atoms in total. The van der Waals surface area contributed by atoms with Gasteiger partial charge in [0, 0.05) is 36.1 Å². The van der Waals surface area contributed by atoms with Crippen molar-refractivity contribution >= 4 is 5.91 Å². The second kappa shape index (κ2) is 6.67. The largest absolute Gasteiger partial charge is 0.496 e. The molecule has 1 atom stereocenters. The first kappa shape index (κ1) is 16.4. The Morgan fingerprint density at radius 3 is 2.73 bits per heavy atom. The lowest BCUT2D eigenvalue weighted by Crippen LogP contribution is -2.42. The molecule has 0 radical (unpaired) electrons. The van der Waals surface area contributed by atoms with Crippen LogP contribution < -0.4 is 4.74 Å². The molecule has 1 unspecified atom stereocenters. The number of carbonyl (C=O) groups excluding carboxylic acids is 1. The third-order valence-electron chi connectivity index (χ3n) is 4.80. The molecule has 0 saturated heterocycles. The van der Waals surface area contributed by atoms with Gasteiger partial charge in [0.15, 0.2) is 0 Å². The summed E-state index contributed by atoms with van der Waals surface area (Å²) in [4.78, 5) is 15.0. The van der Waals surface area contributed by atoms with Gasteiger partial charge in [0.25, 0.3) is 5.91 Å². The zero-order chi connectivity index (χ0) is 18.1. The van der Waals surface area contributed by atoms with E-state index in [1.54, 1.807) is 24.1 Å². The number of amides is 1. The van der Waals surface area contributed by atoms with Gasteiger partial charge in [-0.25, -0.2) is 4.39 Å². The number of halogens is 1. The van der Waals surface area contributed by atoms with E-state index in [2.05, 4.69) is 4.57 Å². The molecule has 0 saturated carbocycles. The second-order valence-electron chi connectivity index (χ2n) is 6.28. The Morgan fingerprint density at radius 2 is 1.92 bits per heavy atom. The number of nitrogens with zero attached hydrogens (tertiary/aromatic N) is 2. The van der Waals surface area contributed by atoms with Gasteiger partial charge >= 0.3 is 0 Å². The summed E-state index contributed by atoms with van der Waals surface area (Å²) in [5, 5.41) is 0. The Morgan fingerprint density at radius 1 is 1.08 bits per heavy atom. The summed E-state index contributed by atoms with van der Waals surface area (Å²) in [6.45, 7) is 1.24. The summed E-state index contributed by atoms with van der Waals surface area (Å²) < 4.78 is 21.3. The monoisotopic (exact) mass is 350 g/mol. The average molecular weight is 350 g/mol. The quantitative estimate of drug-likeness (QED) is 0.718. The molecule has 3 aromatic rings. The second-order valence-corrected chi connectivity index (χ2v) is 6.28. The molecule has 4 rings (SSSR count). The first-order chi connectivity index (χ1) is 12.7. The zero-order valence-corrected chi connectivity index (χ0v) is 14.4. The lowest BCUT2D eigenvalue weighted by molar-refractivity contribution is 0.0661. The molecule has 0 aliphatic carbocycles. The molecule has 132 valence electrons. The Kier molecular flexibility index (Phi) is 4.21. The highest BCUT2D eigenvalue weighted by molar-refractivity contribution is 5.94. The van der Waals surface area contributed by atoms with Crippen LogP contribution in [0.5, 0.6) is 5.75 Å². The van der Waals surface area contributed by atoms with E-state index in [-0.39, 0.29) is 11.9 Å². The van der Waals surface area contributed by atoms with E-state index in [9.17, 15) is 9.18 Å². The van der Waals surface area contributed by atoms with Crippen molar-refractivity contribution < 1.29 is 13.9 Å². The highest BCUT2D eigenvalue weighted by atomic mass is 19.1. The summed E-state index contributed by atoms with van der Waals surface area (Å²) in [6.07, 6.45) is 2.02. The normalized spacial score (nSPS) is 16.2. The van der Waals surface area contributed by atoms with Crippen LogP contribution in [0.4, 0.5) is 4.39 Å². The van der Waals surface area contributed by atoms with Crippen LogP contribution in [0.25, 0.3) is 0 Å². The lowest BCUT2D eigenvalue weighted by Gasteiger charge is -2.38. The van der Waals surface area contributed by atoms with Crippen LogP contribution in [0.1, 0.15) is 27.7 Å². The fraction of sp³-hybridized carbons (Fsp3) is 0.190. The third-order valence-corrected chi connectivity index (χ3v) is 4.80. The van der Waals surface area contributed by atoms with Crippen LogP contribution in [-0.4, -0.2) is 29.0 Å². The third kappa shape index (κ3) is 2.75. The van der Waals surface area contributed by atoms with Crippen LogP contribution in [0, 0.1) is 5.82 Å². The summed E-state index contributed by atoms with van der Waals surface area (Å²) in [6, 6.07) is 17.3. The number of para-hydroxylation sites is 1. The Bertz CT molecular complexity index is 950. The van der Waals surface area contributed by atoms with Crippen molar-refractivity contribution in [3.05, 3.63) is 89.5 Å². The molecule has 26 heavy (non-hydrogen) atoms. The first-order valence-electron chi connectivity index (χ1n) is 8.53. The summed E-state index contributed by atoms with van der Waals surface area (Å²) in [5.41, 5.74) is 2.29. The van der Waals surface area contributed by atoms with Gasteiger partial charge in [0.2, 0.25) is 0 Å². The lowest BCUT2D eigenvalue weighted by atomic mass is 9.98. The van der Waals surface area contributed by atoms with Crippen LogP contribution in [0.15, 0.2) is 66.9 Å². The molecular weight excluding hydrogens is 331 g/mol. The van der Waals surface area contributed by atoms with E-state index in [4.69, 9.17) is 4.74 Å². The fourth-order valence-corrected chi connectivity index (χ4v) is 3.61. The summed E-state index contributed by atoms with van der Waals surface area (Å²) in [5.74, 6) is 0.127. The van der Waals surface area contributed by atoms with Crippen LogP contribution in [0.2, 0.25) is 0 Å². The van der Waals surface area contributed by atoms with Crippen molar-refractivity contribution in [1.29, 1.82) is 0 Å². The number of rotatable bonds is 3. The summed E-state index contributed by atoms with van der Waals surface area (Å²) >= 11 is 0. The van der Waals surface area contributed by atoms with Gasteiger partial charge in [-0.1, -0.05) is 24.3 Å². The molecule has 0 bridgehead atoms. The molecule has 1 aromatic heterocycles. The number of benzene rings is 2. The Balaban J connectivity index is 1.82. The van der Waals surface area contributed by atoms with Crippen molar-refractivity contribution in [2.75, 3.05) is 13.7 Å². The molecule has 1 amide bonds. The van der Waals surface area contributed by atoms with Crippen molar-refractivity contribution in [3.63, 3.8) is 0 Å². The zero-order valence-electron chi connectivity index (χ0n) is 14.4. The van der Waals surface area contributed by atoms with Gasteiger partial charge < -0.3 is 14.2 Å². The average Bonchev–Trinajstić information content (AvgIpc) is 3.15. The molecule has 5 heteroatoms. The smallest absolute Gasteiger partial charge is 0.254 e. The van der Waals surface area contributed by atoms with Gasteiger partial charge in [0.1, 0.15) is 17.6 Å². The maximum atomic E-state index is 13.6. The van der Waals surface area contributed by atoms with Gasteiger partial charge in [-0.05, 0) is 36.4 Å². The molecule has 0 fully saturated rings. The Labute approximate surface area is 151 Å². The predicted molar refractivity (Wildman–Crippen MR) is 96.7 cm³/mol. The van der Waals surface area contributed by atoms with Gasteiger partial charge in [-0.15, -0.1) is 0 Å². The van der Waals surface area contributed by atoms with Crippen LogP contribution in [-0.2, 0) is 6.54 Å². The van der Waals surface area contributed by atoms with E-state index in [0.717, 1.165) is 17.0 Å². The highest BCUT2D eigenvalue weighted by Crippen LogP contribution is 2.37. The maximum absolute atomic E-state index is 13.6. The molecule has 0 N–H and O–H groups in total. The minimum absolute atomic E-state index is 0.187. The number of aromatic nitrogens is 1. The predicted octanol–water partition coefficient (Wildman–Crippen LogP) is 3.88. The van der Waals surface area contributed by atoms with Crippen molar-refractivity contribution in [2.24, 2.45) is 0 Å². The molecule has 1 aliphatic heterocycles. The number of methoxy groups -OCH3 is 1. The number of ether oxygens (including phenoxy) is 1. The van der Waals surface area contributed by atoms with E-state index in [1.807, 2.05) is 42.6 Å². The minimum atomic E-state index is -0.412. The van der Waals surface area contributed by atoms with E-state index >= 15 is 0 Å². The molecule has 0 spiro atoms. The summed E-state index contributed by atoms with van der Waals surface area (Å²) in [7, 11) is 1.62. The van der Waals surface area contributed by atoms with Gasteiger partial charge in [-0.3, -0.25) is 4.79 Å². The van der Waals surface area contributed by atoms with Crippen LogP contribution >= 0.6 is 0 Å². The molecule has 1 aliphatic rings. The Hall–Kier alpha value is -3.08. The molecule has 2 aromatic carbocycles. The van der Waals surface area contributed by atoms with E-state index < -0.39 is 5.82 Å². The molecule has 2 heterocycles. The van der Waals surface area contributed by atoms with E-state index in [0.29, 0.717) is 18.7 Å². The van der Waals surface area contributed by atoms with E-state index in [1.165, 1.54) is 12.1 Å². The topological polar surface area (TPSA) is 34.5 Å². The number of hydrogen-bond acceptors (Lipinski definition) is 2. The van der Waals surface area contributed by atoms with Gasteiger partial charge in [-0.2, -0.15) is 0 Å². The van der Waals surface area contributed by atoms with Gasteiger partial charge in [0.05, 0.1) is 7.11 Å². The number of hydrogen-bond donors (Lipinski definition) is 0. The number of carbonyl (C=O) groups is 1. The standard InChI is InChI=1S/C21H19FN2O2/c1-26-19-10-3-2-8-17(19)20-18-9-5-11-23(18)12-13-24(20)21(25)15-6-4-7-16(22)14-15/h2-11,14,20H,12-13H2,1H3. The minimum Gasteiger partial charge on any atom is -0.496 e.